The van der Waals surface area contributed by atoms with E-state index in [2.05, 4.69) is 27.6 Å². The Bertz CT molecular complexity index is 804. The Morgan fingerprint density at radius 2 is 1.85 bits per heavy atom. The monoisotopic (exact) mass is 375 g/mol. The highest BCUT2D eigenvalue weighted by Crippen LogP contribution is 2.28. The van der Waals surface area contributed by atoms with E-state index in [0.717, 1.165) is 39.0 Å². The summed E-state index contributed by atoms with van der Waals surface area (Å²) in [6.45, 7) is 6.27. The Labute approximate surface area is 157 Å². The topological polar surface area (TPSA) is 55.2 Å². The van der Waals surface area contributed by atoms with Crippen LogP contribution >= 0.6 is 0 Å². The minimum absolute atomic E-state index is 0.388. The zero-order valence-corrected chi connectivity index (χ0v) is 16.6. The normalized spacial score (nSPS) is 16.8. The predicted octanol–water partition coefficient (Wildman–Crippen LogP) is 3.47. The Morgan fingerprint density at radius 3 is 2.46 bits per heavy atom. The quantitative estimate of drug-likeness (QED) is 0.744. The number of benzene rings is 1. The first kappa shape index (κ1) is 19.1. The molecule has 1 aromatic heterocycles. The molecule has 1 aromatic carbocycles. The van der Waals surface area contributed by atoms with Crippen LogP contribution < -0.4 is 0 Å². The number of sulfone groups is 1. The number of unbranched alkanes of at least 4 members (excludes halogenated alkanes) is 1. The molecule has 0 aliphatic carbocycles. The molecule has 0 spiro atoms. The van der Waals surface area contributed by atoms with E-state index in [1.54, 1.807) is 12.1 Å². The van der Waals surface area contributed by atoms with Gasteiger partial charge in [-0.05, 0) is 50.0 Å². The first-order chi connectivity index (χ1) is 12.5. The van der Waals surface area contributed by atoms with Crippen LogP contribution in [0.3, 0.4) is 0 Å². The van der Waals surface area contributed by atoms with Crippen LogP contribution in [0, 0.1) is 0 Å². The van der Waals surface area contributed by atoms with Crippen LogP contribution in [0.1, 0.15) is 49.9 Å². The molecule has 0 bridgehead atoms. The Morgan fingerprint density at radius 1 is 1.15 bits per heavy atom. The van der Waals surface area contributed by atoms with Gasteiger partial charge in [0, 0.05) is 37.7 Å². The van der Waals surface area contributed by atoms with E-state index >= 15 is 0 Å². The van der Waals surface area contributed by atoms with Crippen LogP contribution in [0.5, 0.6) is 0 Å². The number of aryl methyl sites for hydroxylation is 1. The van der Waals surface area contributed by atoms with E-state index in [1.807, 2.05) is 18.3 Å². The molecule has 0 N–H and O–H groups in total. The molecule has 0 atom stereocenters. The summed E-state index contributed by atoms with van der Waals surface area (Å²) in [5, 5.41) is 0. The molecule has 5 nitrogen and oxygen atoms in total. The molecule has 1 fully saturated rings. The van der Waals surface area contributed by atoms with Gasteiger partial charge in [-0.25, -0.2) is 13.4 Å². The van der Waals surface area contributed by atoms with Crippen molar-refractivity contribution in [2.24, 2.45) is 0 Å². The second kappa shape index (κ2) is 8.35. The highest BCUT2D eigenvalue weighted by atomic mass is 32.2. The average molecular weight is 376 g/mol. The summed E-state index contributed by atoms with van der Waals surface area (Å²) in [4.78, 5) is 7.46. The molecule has 2 heterocycles. The Kier molecular flexibility index (Phi) is 6.14. The molecule has 0 saturated carbocycles. The molecule has 1 saturated heterocycles. The number of imidazole rings is 1. The molecular formula is C20H29N3O2S. The van der Waals surface area contributed by atoms with E-state index in [0.29, 0.717) is 10.8 Å². The van der Waals surface area contributed by atoms with Gasteiger partial charge in [-0.1, -0.05) is 25.5 Å². The molecule has 142 valence electrons. The van der Waals surface area contributed by atoms with Gasteiger partial charge in [0.2, 0.25) is 0 Å². The van der Waals surface area contributed by atoms with E-state index < -0.39 is 9.84 Å². The largest absolute Gasteiger partial charge is 0.335 e. The van der Waals surface area contributed by atoms with Gasteiger partial charge >= 0.3 is 0 Å². The summed E-state index contributed by atoms with van der Waals surface area (Å²) in [6.07, 6.45) is 9.95. The smallest absolute Gasteiger partial charge is 0.175 e. The minimum Gasteiger partial charge on any atom is -0.335 e. The van der Waals surface area contributed by atoms with Crippen LogP contribution in [0.25, 0.3) is 0 Å². The minimum atomic E-state index is -3.12. The Balaban J connectivity index is 1.55. The molecule has 2 aromatic rings. The first-order valence-corrected chi connectivity index (χ1v) is 11.4. The third kappa shape index (κ3) is 4.74. The Hall–Kier alpha value is -1.66. The van der Waals surface area contributed by atoms with E-state index in [1.165, 1.54) is 30.5 Å². The molecule has 1 aliphatic rings. The van der Waals surface area contributed by atoms with Crippen molar-refractivity contribution >= 4 is 9.84 Å². The van der Waals surface area contributed by atoms with Gasteiger partial charge in [0.1, 0.15) is 5.82 Å². The summed E-state index contributed by atoms with van der Waals surface area (Å²) in [5.74, 6) is 1.79. The van der Waals surface area contributed by atoms with Crippen LogP contribution in [0.15, 0.2) is 41.6 Å². The lowest BCUT2D eigenvalue weighted by Crippen LogP contribution is -2.33. The van der Waals surface area contributed by atoms with Gasteiger partial charge in [-0.15, -0.1) is 0 Å². The van der Waals surface area contributed by atoms with Gasteiger partial charge in [-0.2, -0.15) is 0 Å². The number of piperidine rings is 1. The highest BCUT2D eigenvalue weighted by molar-refractivity contribution is 7.90. The first-order valence-electron chi connectivity index (χ1n) is 9.49. The molecular weight excluding hydrogens is 346 g/mol. The fraction of sp³-hybridized carbons (Fsp3) is 0.550. The zero-order chi connectivity index (χ0) is 18.6. The summed E-state index contributed by atoms with van der Waals surface area (Å²) in [5.41, 5.74) is 1.17. The molecule has 26 heavy (non-hydrogen) atoms. The number of aromatic nitrogens is 2. The molecule has 0 radical (unpaired) electrons. The second-order valence-electron chi connectivity index (χ2n) is 7.30. The third-order valence-corrected chi connectivity index (χ3v) is 6.34. The summed E-state index contributed by atoms with van der Waals surface area (Å²) in [7, 11) is -3.12. The van der Waals surface area contributed by atoms with Crippen molar-refractivity contribution in [2.75, 3.05) is 19.3 Å². The standard InChI is InChI=1S/C20H29N3O2S/c1-3-4-12-23-15-11-21-20(23)18-9-13-22(14-10-18)16-17-5-7-19(8-6-17)26(2,24)25/h5-8,11,15,18H,3-4,9-10,12-14,16H2,1-2H3. The molecule has 1 aliphatic heterocycles. The van der Waals surface area contributed by atoms with E-state index in [-0.39, 0.29) is 0 Å². The van der Waals surface area contributed by atoms with Gasteiger partial charge in [0.15, 0.2) is 9.84 Å². The maximum Gasteiger partial charge on any atom is 0.175 e. The van der Waals surface area contributed by atoms with Gasteiger partial charge in [0.05, 0.1) is 4.90 Å². The second-order valence-corrected chi connectivity index (χ2v) is 9.31. The lowest BCUT2D eigenvalue weighted by Gasteiger charge is -2.32. The van der Waals surface area contributed by atoms with Crippen molar-refractivity contribution in [3.05, 3.63) is 48.0 Å². The zero-order valence-electron chi connectivity index (χ0n) is 15.8. The molecule has 3 rings (SSSR count). The fourth-order valence-electron chi connectivity index (χ4n) is 3.65. The average Bonchev–Trinajstić information content (AvgIpc) is 3.09. The van der Waals surface area contributed by atoms with Crippen LogP contribution in [-0.2, 0) is 22.9 Å². The lowest BCUT2D eigenvalue weighted by molar-refractivity contribution is 0.200. The maximum absolute atomic E-state index is 11.6. The summed E-state index contributed by atoms with van der Waals surface area (Å²) < 4.78 is 25.4. The van der Waals surface area contributed by atoms with Gasteiger partial charge < -0.3 is 4.57 Å². The number of hydrogen-bond donors (Lipinski definition) is 0. The van der Waals surface area contributed by atoms with Gasteiger partial charge in [-0.3, -0.25) is 4.90 Å². The third-order valence-electron chi connectivity index (χ3n) is 5.21. The van der Waals surface area contributed by atoms with Crippen molar-refractivity contribution in [3.8, 4) is 0 Å². The molecule has 6 heteroatoms. The lowest BCUT2D eigenvalue weighted by atomic mass is 9.95. The van der Waals surface area contributed by atoms with E-state index in [9.17, 15) is 8.42 Å². The van der Waals surface area contributed by atoms with Crippen molar-refractivity contribution < 1.29 is 8.42 Å². The SMILES string of the molecule is CCCCn1ccnc1C1CCN(Cc2ccc(S(C)(=O)=O)cc2)CC1. The van der Waals surface area contributed by atoms with Crippen LogP contribution in [-0.4, -0.2) is 42.2 Å². The van der Waals surface area contributed by atoms with E-state index in [4.69, 9.17) is 0 Å². The van der Waals surface area contributed by atoms with Crippen molar-refractivity contribution in [1.82, 2.24) is 14.5 Å². The van der Waals surface area contributed by atoms with Crippen molar-refractivity contribution in [1.29, 1.82) is 0 Å². The molecule has 0 amide bonds. The van der Waals surface area contributed by atoms with Crippen LogP contribution in [0.2, 0.25) is 0 Å². The van der Waals surface area contributed by atoms with Gasteiger partial charge in [0.25, 0.3) is 0 Å². The number of nitrogens with zero attached hydrogens (tertiary/aromatic N) is 3. The van der Waals surface area contributed by atoms with Crippen molar-refractivity contribution in [2.45, 2.75) is 56.5 Å². The number of likely N-dealkylation sites (tertiary alicyclic amines) is 1. The van der Waals surface area contributed by atoms with Crippen molar-refractivity contribution in [3.63, 3.8) is 0 Å². The fourth-order valence-corrected chi connectivity index (χ4v) is 4.28. The molecule has 0 unspecified atom stereocenters. The van der Waals surface area contributed by atoms with Crippen LogP contribution in [0.4, 0.5) is 0 Å². The highest BCUT2D eigenvalue weighted by Gasteiger charge is 2.23. The maximum atomic E-state index is 11.6. The summed E-state index contributed by atoms with van der Waals surface area (Å²) in [6, 6.07) is 7.28. The summed E-state index contributed by atoms with van der Waals surface area (Å²) >= 11 is 0. The number of hydrogen-bond acceptors (Lipinski definition) is 4. The predicted molar refractivity (Wildman–Crippen MR) is 104 cm³/mol. The number of rotatable bonds is 7.